The standard InChI is InChI=1S/C58H28N4/c1-61-51-25-37(31-59)43(33-13-5-3-6-14-33)27-49(51)55-47-29-45-39-21-9-17-35-18-10-22-40(53(35)39)46(45)30-48(47)56(58-42-24-12-20-36-19-11-23-41(54(36)42)57(55)58)50-28-44(34-15-7-4-8-16-34)38(32-60)26-52(50)62-2/h3-30H. The summed E-state index contributed by atoms with van der Waals surface area (Å²) < 4.78 is 0. The maximum atomic E-state index is 10.5. The van der Waals surface area contributed by atoms with Gasteiger partial charge in [0.1, 0.15) is 0 Å². The largest absolute Gasteiger partial charge is 0.237 e. The lowest BCUT2D eigenvalue weighted by atomic mass is 9.82. The van der Waals surface area contributed by atoms with Crippen LogP contribution >= 0.6 is 0 Å². The van der Waals surface area contributed by atoms with Gasteiger partial charge in [-0.2, -0.15) is 10.5 Å². The van der Waals surface area contributed by atoms with Gasteiger partial charge in [-0.05, 0) is 144 Å². The van der Waals surface area contributed by atoms with Gasteiger partial charge in [-0.1, -0.05) is 146 Å². The predicted octanol–water partition coefficient (Wildman–Crippen LogP) is 16.1. The van der Waals surface area contributed by atoms with E-state index in [2.05, 4.69) is 107 Å². The summed E-state index contributed by atoms with van der Waals surface area (Å²) in [5.74, 6) is 0. The quantitative estimate of drug-likeness (QED) is 0.167. The van der Waals surface area contributed by atoms with Gasteiger partial charge in [0, 0.05) is 11.1 Å². The van der Waals surface area contributed by atoms with E-state index >= 15 is 0 Å². The van der Waals surface area contributed by atoms with Crippen molar-refractivity contribution in [2.24, 2.45) is 0 Å². The molecule has 0 aliphatic rings. The van der Waals surface area contributed by atoms with Crippen molar-refractivity contribution in [3.8, 4) is 56.6 Å². The molecule has 0 aliphatic heterocycles. The lowest BCUT2D eigenvalue weighted by Gasteiger charge is -2.20. The number of rotatable bonds is 4. The van der Waals surface area contributed by atoms with Gasteiger partial charge in [-0.3, -0.25) is 0 Å². The van der Waals surface area contributed by atoms with Crippen molar-refractivity contribution in [1.29, 1.82) is 10.5 Å². The highest BCUT2D eigenvalue weighted by molar-refractivity contribution is 6.42. The Kier molecular flexibility index (Phi) is 7.45. The molecule has 4 heteroatoms. The van der Waals surface area contributed by atoms with Gasteiger partial charge in [-0.25, -0.2) is 9.69 Å². The summed E-state index contributed by atoms with van der Waals surface area (Å²) in [7, 11) is 0. The minimum absolute atomic E-state index is 0.387. The van der Waals surface area contributed by atoms with Crippen LogP contribution in [-0.4, -0.2) is 0 Å². The minimum atomic E-state index is 0.387. The molecule has 0 aliphatic carbocycles. The van der Waals surface area contributed by atoms with Crippen LogP contribution in [0.4, 0.5) is 11.4 Å². The molecule has 12 aromatic carbocycles. The van der Waals surface area contributed by atoms with E-state index in [-0.39, 0.29) is 0 Å². The Labute approximate surface area is 356 Å². The van der Waals surface area contributed by atoms with E-state index < -0.39 is 0 Å². The third-order valence-electron chi connectivity index (χ3n) is 12.8. The molecule has 0 radical (unpaired) electrons. The Morgan fingerprint density at radius 1 is 0.339 bits per heavy atom. The van der Waals surface area contributed by atoms with E-state index in [9.17, 15) is 10.5 Å². The zero-order valence-corrected chi connectivity index (χ0v) is 33.0. The molecule has 0 bridgehead atoms. The molecule has 0 aromatic heterocycles. The van der Waals surface area contributed by atoms with Crippen molar-refractivity contribution >= 4 is 86.8 Å². The first kappa shape index (κ1) is 34.9. The van der Waals surface area contributed by atoms with Crippen LogP contribution in [0.5, 0.6) is 0 Å². The van der Waals surface area contributed by atoms with Crippen LogP contribution in [0.1, 0.15) is 11.1 Å². The highest BCUT2D eigenvalue weighted by Crippen LogP contribution is 2.56. The van der Waals surface area contributed by atoms with Crippen molar-refractivity contribution in [3.63, 3.8) is 0 Å². The number of benzene rings is 10. The fourth-order valence-electron chi connectivity index (χ4n) is 10.3. The fraction of sp³-hybridized carbons (Fsp3) is 0. The molecule has 0 atom stereocenters. The molecule has 12 rings (SSSR count). The summed E-state index contributed by atoms with van der Waals surface area (Å²) in [4.78, 5) is 8.32. The monoisotopic (exact) mass is 780 g/mol. The second kappa shape index (κ2) is 13.2. The van der Waals surface area contributed by atoms with Crippen molar-refractivity contribution in [1.82, 2.24) is 0 Å². The van der Waals surface area contributed by atoms with Crippen LogP contribution in [0.25, 0.3) is 130 Å². The molecule has 0 saturated heterocycles. The Morgan fingerprint density at radius 3 is 1.11 bits per heavy atom. The Bertz CT molecular complexity index is 3810. The second-order valence-corrected chi connectivity index (χ2v) is 15.9. The molecule has 280 valence electrons. The van der Waals surface area contributed by atoms with Crippen LogP contribution in [0.3, 0.4) is 0 Å². The van der Waals surface area contributed by atoms with Gasteiger partial charge in [0.05, 0.1) is 25.3 Å². The summed E-state index contributed by atoms with van der Waals surface area (Å²) in [5, 5.41) is 36.0. The molecule has 0 amide bonds. The molecule has 0 heterocycles. The summed E-state index contributed by atoms with van der Waals surface area (Å²) in [6, 6.07) is 62.5. The SMILES string of the molecule is [C-]#[N+]c1cc(C#N)c(-c2ccccc2)cc1-c1c2cc3c(cc2c(-c2cc(-c4ccccc4)c(C#N)cc2[N+]#[C-])c2c4cccc5cccc(c12)c54)c1cccc2cccc3c21. The van der Waals surface area contributed by atoms with Crippen LogP contribution in [0, 0.1) is 35.8 Å². The van der Waals surface area contributed by atoms with Gasteiger partial charge in [-0.15, -0.1) is 0 Å². The molecule has 4 nitrogen and oxygen atoms in total. The van der Waals surface area contributed by atoms with Gasteiger partial charge in [0.15, 0.2) is 11.4 Å². The number of nitriles is 2. The predicted molar refractivity (Wildman–Crippen MR) is 255 cm³/mol. The molecule has 0 unspecified atom stereocenters. The summed E-state index contributed by atoms with van der Waals surface area (Å²) in [5.41, 5.74) is 8.21. The average molecular weight is 781 g/mol. The zero-order chi connectivity index (χ0) is 41.6. The van der Waals surface area contributed by atoms with E-state index in [1.165, 1.54) is 5.39 Å². The zero-order valence-electron chi connectivity index (χ0n) is 33.0. The van der Waals surface area contributed by atoms with Gasteiger partial charge in [0.25, 0.3) is 0 Å². The first-order valence-electron chi connectivity index (χ1n) is 20.4. The van der Waals surface area contributed by atoms with Crippen molar-refractivity contribution in [2.45, 2.75) is 0 Å². The van der Waals surface area contributed by atoms with Crippen molar-refractivity contribution in [2.75, 3.05) is 0 Å². The molecule has 0 fully saturated rings. The number of nitrogens with zero attached hydrogens (tertiary/aromatic N) is 4. The number of hydrogen-bond acceptors (Lipinski definition) is 2. The molecule has 0 N–H and O–H groups in total. The first-order chi connectivity index (χ1) is 30.6. The maximum absolute atomic E-state index is 10.5. The van der Waals surface area contributed by atoms with Gasteiger partial charge < -0.3 is 0 Å². The average Bonchev–Trinajstić information content (AvgIpc) is 3.83. The Hall–Kier alpha value is -9.06. The molecular formula is C58H28N4. The van der Waals surface area contributed by atoms with Gasteiger partial charge >= 0.3 is 0 Å². The smallest absolute Gasteiger partial charge is 0.196 e. The van der Waals surface area contributed by atoms with Crippen LogP contribution in [0.2, 0.25) is 0 Å². The third kappa shape index (κ3) is 4.79. The highest BCUT2D eigenvalue weighted by atomic mass is 14.7. The molecule has 0 spiro atoms. The minimum Gasteiger partial charge on any atom is -0.237 e. The van der Waals surface area contributed by atoms with Crippen LogP contribution in [-0.2, 0) is 0 Å². The Balaban J connectivity index is 1.38. The molecule has 0 saturated carbocycles. The third-order valence-corrected chi connectivity index (χ3v) is 12.8. The van der Waals surface area contributed by atoms with E-state index in [0.717, 1.165) is 115 Å². The molecule has 62 heavy (non-hydrogen) atoms. The number of fused-ring (bicyclic) bond motifs is 7. The lowest BCUT2D eigenvalue weighted by molar-refractivity contribution is 1.48. The molecular weight excluding hydrogens is 753 g/mol. The lowest BCUT2D eigenvalue weighted by Crippen LogP contribution is -1.94. The first-order valence-corrected chi connectivity index (χ1v) is 20.4. The fourth-order valence-corrected chi connectivity index (χ4v) is 10.3. The highest BCUT2D eigenvalue weighted by Gasteiger charge is 2.28. The summed E-state index contributed by atoms with van der Waals surface area (Å²) >= 11 is 0. The Morgan fingerprint density at radius 2 is 0.726 bits per heavy atom. The van der Waals surface area contributed by atoms with E-state index in [1.807, 2.05) is 72.8 Å². The normalized spacial score (nSPS) is 11.5. The summed E-state index contributed by atoms with van der Waals surface area (Å²) in [6.45, 7) is 17.3. The van der Waals surface area contributed by atoms with Crippen molar-refractivity contribution < 1.29 is 0 Å². The van der Waals surface area contributed by atoms with E-state index in [1.54, 1.807) is 12.1 Å². The van der Waals surface area contributed by atoms with Crippen molar-refractivity contribution in [3.05, 3.63) is 204 Å². The van der Waals surface area contributed by atoms with E-state index in [4.69, 9.17) is 13.1 Å². The molecule has 12 aromatic rings. The van der Waals surface area contributed by atoms with Crippen LogP contribution in [0.15, 0.2) is 170 Å². The van der Waals surface area contributed by atoms with Crippen LogP contribution < -0.4 is 0 Å². The number of hydrogen-bond donors (Lipinski definition) is 0. The maximum Gasteiger partial charge on any atom is 0.196 e. The summed E-state index contributed by atoms with van der Waals surface area (Å²) in [6.07, 6.45) is 0. The second-order valence-electron chi connectivity index (χ2n) is 15.9. The van der Waals surface area contributed by atoms with E-state index in [0.29, 0.717) is 22.5 Å². The van der Waals surface area contributed by atoms with Gasteiger partial charge in [0.2, 0.25) is 0 Å². The topological polar surface area (TPSA) is 56.3 Å².